The molecule has 31 heavy (non-hydrogen) atoms. The molecule has 9 heteroatoms. The summed E-state index contributed by atoms with van der Waals surface area (Å²) in [5.41, 5.74) is -0.00897. The van der Waals surface area contributed by atoms with Crippen LogP contribution in [0.1, 0.15) is 26.7 Å². The molecule has 164 valence electrons. The zero-order chi connectivity index (χ0) is 22.1. The number of hydrogen-bond donors (Lipinski definition) is 1. The Kier molecular flexibility index (Phi) is 5.75. The molecule has 1 atom stereocenters. The predicted molar refractivity (Wildman–Crippen MR) is 106 cm³/mol. The van der Waals surface area contributed by atoms with E-state index in [9.17, 15) is 18.0 Å². The van der Waals surface area contributed by atoms with Crippen LogP contribution in [0.2, 0.25) is 0 Å². The predicted octanol–water partition coefficient (Wildman–Crippen LogP) is 4.60. The molecule has 0 saturated heterocycles. The quantitative estimate of drug-likeness (QED) is 0.561. The van der Waals surface area contributed by atoms with Gasteiger partial charge in [0.2, 0.25) is 17.6 Å². The molecule has 0 spiro atoms. The van der Waals surface area contributed by atoms with Gasteiger partial charge in [0.15, 0.2) is 28.7 Å². The van der Waals surface area contributed by atoms with E-state index in [1.54, 1.807) is 6.92 Å². The molecule has 1 aliphatic carbocycles. The first kappa shape index (κ1) is 21.0. The number of carbonyl (C=O) groups is 1. The number of halogens is 3. The molecule has 1 aromatic heterocycles. The van der Waals surface area contributed by atoms with Crippen LogP contribution in [0.25, 0.3) is 22.6 Å². The van der Waals surface area contributed by atoms with Crippen molar-refractivity contribution < 1.29 is 31.9 Å². The molecule has 3 aromatic rings. The zero-order valence-corrected chi connectivity index (χ0v) is 17.0. The number of oxazole rings is 1. The van der Waals surface area contributed by atoms with E-state index >= 15 is 0 Å². The molecule has 0 bridgehead atoms. The first-order valence-electron chi connectivity index (χ1n) is 9.93. The van der Waals surface area contributed by atoms with Crippen molar-refractivity contribution in [1.29, 1.82) is 0 Å². The van der Waals surface area contributed by atoms with Crippen LogP contribution in [-0.4, -0.2) is 30.1 Å². The van der Waals surface area contributed by atoms with Gasteiger partial charge in [-0.15, -0.1) is 0 Å². The molecule has 4 rings (SSSR count). The number of ether oxygens (including phenoxy) is 2. The van der Waals surface area contributed by atoms with Gasteiger partial charge >= 0.3 is 0 Å². The van der Waals surface area contributed by atoms with Crippen LogP contribution in [0.4, 0.5) is 13.2 Å². The molecular weight excluding hydrogens is 413 g/mol. The van der Waals surface area contributed by atoms with Crippen LogP contribution < -0.4 is 14.8 Å². The second kappa shape index (κ2) is 8.49. The number of rotatable bonds is 8. The minimum atomic E-state index is -0.880. The van der Waals surface area contributed by atoms with E-state index in [0.717, 1.165) is 25.0 Å². The minimum absolute atomic E-state index is 0.0196. The zero-order valence-electron chi connectivity index (χ0n) is 17.0. The summed E-state index contributed by atoms with van der Waals surface area (Å²) < 4.78 is 59.7. The van der Waals surface area contributed by atoms with Gasteiger partial charge in [0, 0.05) is 12.5 Å². The highest BCUT2D eigenvalue weighted by Gasteiger charge is 2.24. The standard InChI is InChI=1S/C22H21F3N2O4/c1-11(26-12(2)28)9-29-18-6-5-17-21(19(18)25)31-22(27-17)14-7-15(23)20(16(24)8-14)30-10-13-3-4-13/h5-8,11,13H,3-4,9-10H2,1-2H3,(H,26,28)/t11-/m0/s1. The fourth-order valence-corrected chi connectivity index (χ4v) is 3.09. The van der Waals surface area contributed by atoms with E-state index in [0.29, 0.717) is 5.92 Å². The summed E-state index contributed by atoms with van der Waals surface area (Å²) in [4.78, 5) is 15.2. The van der Waals surface area contributed by atoms with Crippen molar-refractivity contribution in [3.8, 4) is 23.0 Å². The molecule has 1 saturated carbocycles. The number of nitrogens with zero attached hydrogens (tertiary/aromatic N) is 1. The highest BCUT2D eigenvalue weighted by molar-refractivity contribution is 5.78. The van der Waals surface area contributed by atoms with Gasteiger partial charge in [0.25, 0.3) is 0 Å². The third kappa shape index (κ3) is 4.76. The van der Waals surface area contributed by atoms with Gasteiger partial charge < -0.3 is 19.2 Å². The Hall–Kier alpha value is -3.23. The minimum Gasteiger partial charge on any atom is -0.488 e. The summed E-state index contributed by atoms with van der Waals surface area (Å²) in [6.45, 7) is 3.40. The van der Waals surface area contributed by atoms with Crippen molar-refractivity contribution in [3.05, 3.63) is 41.7 Å². The summed E-state index contributed by atoms with van der Waals surface area (Å²) in [6.07, 6.45) is 1.99. The van der Waals surface area contributed by atoms with Crippen LogP contribution in [0.15, 0.2) is 28.7 Å². The van der Waals surface area contributed by atoms with Crippen molar-refractivity contribution in [1.82, 2.24) is 10.3 Å². The number of hydrogen-bond acceptors (Lipinski definition) is 5. The molecule has 6 nitrogen and oxygen atoms in total. The summed E-state index contributed by atoms with van der Waals surface area (Å²) in [7, 11) is 0. The Morgan fingerprint density at radius 3 is 2.58 bits per heavy atom. The van der Waals surface area contributed by atoms with Crippen LogP contribution in [0.5, 0.6) is 11.5 Å². The van der Waals surface area contributed by atoms with Crippen molar-refractivity contribution in [2.24, 2.45) is 5.92 Å². The maximum atomic E-state index is 14.8. The van der Waals surface area contributed by atoms with Crippen LogP contribution in [0.3, 0.4) is 0 Å². The average Bonchev–Trinajstić information content (AvgIpc) is 3.42. The summed E-state index contributed by atoms with van der Waals surface area (Å²) in [5, 5.41) is 2.63. The van der Waals surface area contributed by atoms with E-state index in [1.807, 2.05) is 0 Å². The lowest BCUT2D eigenvalue weighted by molar-refractivity contribution is -0.119. The van der Waals surface area contributed by atoms with E-state index < -0.39 is 23.2 Å². The Morgan fingerprint density at radius 1 is 1.23 bits per heavy atom. The van der Waals surface area contributed by atoms with Crippen LogP contribution in [-0.2, 0) is 4.79 Å². The smallest absolute Gasteiger partial charge is 0.227 e. The molecule has 1 N–H and O–H groups in total. The van der Waals surface area contributed by atoms with Crippen molar-refractivity contribution >= 4 is 17.0 Å². The Morgan fingerprint density at radius 2 is 1.94 bits per heavy atom. The molecule has 0 unspecified atom stereocenters. The number of nitrogens with one attached hydrogen (secondary N) is 1. The molecule has 0 aliphatic heterocycles. The number of fused-ring (bicyclic) bond motifs is 1. The van der Waals surface area contributed by atoms with Crippen LogP contribution in [0, 0.1) is 23.4 Å². The number of benzene rings is 2. The third-order valence-electron chi connectivity index (χ3n) is 4.81. The maximum absolute atomic E-state index is 14.8. The number of carbonyl (C=O) groups excluding carboxylic acids is 1. The second-order valence-electron chi connectivity index (χ2n) is 7.68. The van der Waals surface area contributed by atoms with E-state index in [-0.39, 0.29) is 53.5 Å². The van der Waals surface area contributed by atoms with Gasteiger partial charge in [-0.1, -0.05) is 0 Å². The molecule has 1 aliphatic rings. The summed E-state index contributed by atoms with van der Waals surface area (Å²) >= 11 is 0. The lowest BCUT2D eigenvalue weighted by Gasteiger charge is -2.14. The monoisotopic (exact) mass is 434 g/mol. The maximum Gasteiger partial charge on any atom is 0.227 e. The molecule has 1 amide bonds. The first-order valence-corrected chi connectivity index (χ1v) is 9.93. The Balaban J connectivity index is 1.56. The third-order valence-corrected chi connectivity index (χ3v) is 4.81. The largest absolute Gasteiger partial charge is 0.488 e. The summed E-state index contributed by atoms with van der Waals surface area (Å²) in [6, 6.07) is 4.61. The first-order chi connectivity index (χ1) is 14.8. The van der Waals surface area contributed by atoms with Gasteiger partial charge in [0.05, 0.1) is 12.6 Å². The van der Waals surface area contributed by atoms with Gasteiger partial charge in [-0.05, 0) is 49.9 Å². The highest BCUT2D eigenvalue weighted by atomic mass is 19.1. The lowest BCUT2D eigenvalue weighted by atomic mass is 10.2. The fraction of sp³-hybridized carbons (Fsp3) is 0.364. The van der Waals surface area contributed by atoms with Crippen molar-refractivity contribution in [2.75, 3.05) is 13.2 Å². The van der Waals surface area contributed by atoms with E-state index in [1.165, 1.54) is 19.1 Å². The SMILES string of the molecule is CC(=O)N[C@@H](C)COc1ccc2nc(-c3cc(F)c(OCC4CC4)c(F)c3)oc2c1F. The van der Waals surface area contributed by atoms with E-state index in [2.05, 4.69) is 10.3 Å². The van der Waals surface area contributed by atoms with Gasteiger partial charge in [0.1, 0.15) is 12.1 Å². The molecule has 1 heterocycles. The van der Waals surface area contributed by atoms with E-state index in [4.69, 9.17) is 13.9 Å². The van der Waals surface area contributed by atoms with Crippen molar-refractivity contribution in [2.45, 2.75) is 32.7 Å². The number of amides is 1. The number of aromatic nitrogens is 1. The molecular formula is C22H21F3N2O4. The topological polar surface area (TPSA) is 73.6 Å². The van der Waals surface area contributed by atoms with Crippen molar-refractivity contribution in [3.63, 3.8) is 0 Å². The lowest BCUT2D eigenvalue weighted by Crippen LogP contribution is -2.35. The molecule has 2 aromatic carbocycles. The summed E-state index contributed by atoms with van der Waals surface area (Å²) in [5.74, 6) is -3.11. The molecule has 1 fully saturated rings. The van der Waals surface area contributed by atoms with Gasteiger partial charge in [-0.3, -0.25) is 4.79 Å². The van der Waals surface area contributed by atoms with Crippen LogP contribution >= 0.6 is 0 Å². The van der Waals surface area contributed by atoms with Gasteiger partial charge in [-0.2, -0.15) is 4.39 Å². The second-order valence-corrected chi connectivity index (χ2v) is 7.68. The normalized spacial score (nSPS) is 14.5. The average molecular weight is 434 g/mol. The highest BCUT2D eigenvalue weighted by Crippen LogP contribution is 2.35. The Bertz CT molecular complexity index is 1100. The molecule has 0 radical (unpaired) electrons. The Labute approximate surface area is 176 Å². The fourth-order valence-electron chi connectivity index (χ4n) is 3.09. The van der Waals surface area contributed by atoms with Gasteiger partial charge in [-0.25, -0.2) is 13.8 Å².